The smallest absolute Gasteiger partial charge is 0.289 e. The van der Waals surface area contributed by atoms with Crippen molar-refractivity contribution in [3.63, 3.8) is 0 Å². The number of anilines is 1. The van der Waals surface area contributed by atoms with E-state index >= 15 is 0 Å². The molecule has 0 atom stereocenters. The Hall–Kier alpha value is -3.02. The molecule has 1 aliphatic rings. The first-order valence-corrected chi connectivity index (χ1v) is 8.78. The summed E-state index contributed by atoms with van der Waals surface area (Å²) in [6, 6.07) is 13.5. The van der Waals surface area contributed by atoms with Crippen LogP contribution in [0.25, 0.3) is 10.9 Å². The summed E-state index contributed by atoms with van der Waals surface area (Å²) in [5.41, 5.74) is 0.861. The van der Waals surface area contributed by atoms with Crippen LogP contribution in [0.1, 0.15) is 17.0 Å². The molecule has 0 spiro atoms. The fourth-order valence-corrected chi connectivity index (χ4v) is 3.36. The van der Waals surface area contributed by atoms with Gasteiger partial charge in [0, 0.05) is 31.6 Å². The number of pyridine rings is 1. The first kappa shape index (κ1) is 16.4. The maximum Gasteiger partial charge on any atom is 0.289 e. The lowest BCUT2D eigenvalue weighted by molar-refractivity contribution is 0.0735. The van der Waals surface area contributed by atoms with E-state index in [1.165, 1.54) is 6.26 Å². The van der Waals surface area contributed by atoms with Crippen LogP contribution < -0.4 is 9.64 Å². The van der Waals surface area contributed by atoms with Crippen LogP contribution in [-0.4, -0.2) is 49.1 Å². The van der Waals surface area contributed by atoms with E-state index in [1.54, 1.807) is 19.2 Å². The van der Waals surface area contributed by atoms with Crippen LogP contribution in [0.4, 0.5) is 5.82 Å². The third kappa shape index (κ3) is 3.10. The predicted octanol–water partition coefficient (Wildman–Crippen LogP) is 3.19. The zero-order valence-electron chi connectivity index (χ0n) is 14.7. The molecule has 1 amide bonds. The molecule has 0 N–H and O–H groups in total. The van der Waals surface area contributed by atoms with E-state index in [2.05, 4.69) is 11.0 Å². The minimum absolute atomic E-state index is 0.0509. The van der Waals surface area contributed by atoms with Crippen LogP contribution in [0.15, 0.2) is 53.1 Å². The van der Waals surface area contributed by atoms with Crippen molar-refractivity contribution in [1.82, 2.24) is 9.88 Å². The van der Waals surface area contributed by atoms with Gasteiger partial charge < -0.3 is 19.0 Å². The molecule has 2 aromatic heterocycles. The van der Waals surface area contributed by atoms with E-state index in [-0.39, 0.29) is 5.91 Å². The Labute approximate surface area is 152 Å². The van der Waals surface area contributed by atoms with Gasteiger partial charge in [0.15, 0.2) is 5.76 Å². The Bertz CT molecular complexity index is 908. The average Bonchev–Trinajstić information content (AvgIpc) is 3.11. The molecule has 4 rings (SSSR count). The number of amides is 1. The van der Waals surface area contributed by atoms with Crippen molar-refractivity contribution in [2.75, 3.05) is 38.2 Å². The highest BCUT2D eigenvalue weighted by molar-refractivity contribution is 5.91. The monoisotopic (exact) mass is 351 g/mol. The molecule has 1 aliphatic heterocycles. The van der Waals surface area contributed by atoms with Crippen molar-refractivity contribution in [3.8, 4) is 5.75 Å². The molecule has 1 fully saturated rings. The second-order valence-corrected chi connectivity index (χ2v) is 6.31. The number of furan rings is 1. The number of benzene rings is 1. The zero-order chi connectivity index (χ0) is 17.9. The summed E-state index contributed by atoms with van der Waals surface area (Å²) >= 11 is 0. The fourth-order valence-electron chi connectivity index (χ4n) is 3.36. The van der Waals surface area contributed by atoms with E-state index in [0.717, 1.165) is 42.0 Å². The van der Waals surface area contributed by atoms with E-state index in [1.807, 2.05) is 29.2 Å². The fraction of sp³-hybridized carbons (Fsp3) is 0.300. The summed E-state index contributed by atoms with van der Waals surface area (Å²) in [6.07, 6.45) is 2.42. The molecule has 134 valence electrons. The average molecular weight is 351 g/mol. The lowest BCUT2D eigenvalue weighted by Crippen LogP contribution is -2.35. The molecule has 26 heavy (non-hydrogen) atoms. The second-order valence-electron chi connectivity index (χ2n) is 6.31. The van der Waals surface area contributed by atoms with Crippen LogP contribution in [0, 0.1) is 0 Å². The van der Waals surface area contributed by atoms with Gasteiger partial charge in [-0.3, -0.25) is 4.79 Å². The standard InChI is InChI=1S/C20H21N3O3/c1-25-16-6-2-5-15-8-9-18(21-19(15)16)22-10-4-11-23(13-12-22)20(24)17-7-3-14-26-17/h2-3,5-9,14H,4,10-13H2,1H3. The molecular weight excluding hydrogens is 330 g/mol. The first-order chi connectivity index (χ1) is 12.8. The normalized spacial score (nSPS) is 15.1. The molecule has 6 heteroatoms. The SMILES string of the molecule is COc1cccc2ccc(N3CCCN(C(=O)c4ccco4)CC3)nc12. The second kappa shape index (κ2) is 7.07. The molecule has 0 saturated carbocycles. The van der Waals surface area contributed by atoms with Gasteiger partial charge in [-0.15, -0.1) is 0 Å². The summed E-state index contributed by atoms with van der Waals surface area (Å²) in [6.45, 7) is 2.95. The van der Waals surface area contributed by atoms with Crippen LogP contribution in [0.5, 0.6) is 5.75 Å². The van der Waals surface area contributed by atoms with Gasteiger partial charge in [-0.05, 0) is 36.8 Å². The van der Waals surface area contributed by atoms with E-state index in [9.17, 15) is 4.79 Å². The summed E-state index contributed by atoms with van der Waals surface area (Å²) in [7, 11) is 1.66. The van der Waals surface area contributed by atoms with Gasteiger partial charge in [-0.1, -0.05) is 12.1 Å². The maximum absolute atomic E-state index is 12.5. The van der Waals surface area contributed by atoms with E-state index in [4.69, 9.17) is 14.1 Å². The van der Waals surface area contributed by atoms with Gasteiger partial charge in [0.05, 0.1) is 13.4 Å². The number of hydrogen-bond donors (Lipinski definition) is 0. The lowest BCUT2D eigenvalue weighted by Gasteiger charge is -2.23. The Morgan fingerprint density at radius 1 is 1.08 bits per heavy atom. The Morgan fingerprint density at radius 3 is 2.81 bits per heavy atom. The summed E-state index contributed by atoms with van der Waals surface area (Å²) in [4.78, 5) is 21.4. The van der Waals surface area contributed by atoms with Crippen molar-refractivity contribution < 1.29 is 13.9 Å². The van der Waals surface area contributed by atoms with Crippen molar-refractivity contribution in [1.29, 1.82) is 0 Å². The molecule has 0 unspecified atom stereocenters. The summed E-state index contributed by atoms with van der Waals surface area (Å²) in [5.74, 6) is 2.03. The van der Waals surface area contributed by atoms with Crippen molar-refractivity contribution >= 4 is 22.6 Å². The number of methoxy groups -OCH3 is 1. The van der Waals surface area contributed by atoms with Gasteiger partial charge in [0.25, 0.3) is 5.91 Å². The highest BCUT2D eigenvalue weighted by atomic mass is 16.5. The van der Waals surface area contributed by atoms with Crippen LogP contribution in [0.3, 0.4) is 0 Å². The Kier molecular flexibility index (Phi) is 4.48. The highest BCUT2D eigenvalue weighted by Crippen LogP contribution is 2.26. The van der Waals surface area contributed by atoms with Crippen LogP contribution >= 0.6 is 0 Å². The van der Waals surface area contributed by atoms with Crippen LogP contribution in [-0.2, 0) is 0 Å². The number of nitrogens with zero attached hydrogens (tertiary/aromatic N) is 3. The number of fused-ring (bicyclic) bond motifs is 1. The van der Waals surface area contributed by atoms with E-state index < -0.39 is 0 Å². The predicted molar refractivity (Wildman–Crippen MR) is 99.7 cm³/mol. The third-order valence-corrected chi connectivity index (χ3v) is 4.73. The topological polar surface area (TPSA) is 58.8 Å². The Morgan fingerprint density at radius 2 is 2.00 bits per heavy atom. The van der Waals surface area contributed by atoms with Crippen molar-refractivity contribution in [2.45, 2.75) is 6.42 Å². The van der Waals surface area contributed by atoms with E-state index in [0.29, 0.717) is 18.8 Å². The van der Waals surface area contributed by atoms with Crippen molar-refractivity contribution in [3.05, 3.63) is 54.5 Å². The molecular formula is C20H21N3O3. The maximum atomic E-state index is 12.5. The molecule has 1 aromatic carbocycles. The van der Waals surface area contributed by atoms with Gasteiger partial charge in [0.1, 0.15) is 17.1 Å². The molecule has 0 bridgehead atoms. The van der Waals surface area contributed by atoms with Crippen molar-refractivity contribution in [2.24, 2.45) is 0 Å². The quantitative estimate of drug-likeness (QED) is 0.725. The number of ether oxygens (including phenoxy) is 1. The summed E-state index contributed by atoms with van der Waals surface area (Å²) in [5, 5.41) is 1.05. The largest absolute Gasteiger partial charge is 0.494 e. The molecule has 3 heterocycles. The number of aromatic nitrogens is 1. The minimum Gasteiger partial charge on any atom is -0.494 e. The van der Waals surface area contributed by atoms with Gasteiger partial charge in [0.2, 0.25) is 0 Å². The number of rotatable bonds is 3. The van der Waals surface area contributed by atoms with Gasteiger partial charge in [-0.2, -0.15) is 0 Å². The zero-order valence-corrected chi connectivity index (χ0v) is 14.7. The number of carbonyl (C=O) groups is 1. The molecule has 0 radical (unpaired) electrons. The lowest BCUT2D eigenvalue weighted by atomic mass is 10.2. The van der Waals surface area contributed by atoms with Gasteiger partial charge in [-0.25, -0.2) is 4.98 Å². The van der Waals surface area contributed by atoms with Crippen LogP contribution in [0.2, 0.25) is 0 Å². The number of carbonyl (C=O) groups excluding carboxylic acids is 1. The number of hydrogen-bond acceptors (Lipinski definition) is 5. The molecule has 6 nitrogen and oxygen atoms in total. The molecule has 3 aromatic rings. The highest BCUT2D eigenvalue weighted by Gasteiger charge is 2.22. The minimum atomic E-state index is -0.0509. The van der Waals surface area contributed by atoms with Gasteiger partial charge >= 0.3 is 0 Å². The number of para-hydroxylation sites is 1. The molecule has 0 aliphatic carbocycles. The summed E-state index contributed by atoms with van der Waals surface area (Å²) < 4.78 is 10.7. The molecule has 1 saturated heterocycles. The Balaban J connectivity index is 1.54. The third-order valence-electron chi connectivity index (χ3n) is 4.73. The first-order valence-electron chi connectivity index (χ1n) is 8.78.